The summed E-state index contributed by atoms with van der Waals surface area (Å²) in [4.78, 5) is 50.1. The monoisotopic (exact) mass is 507 g/mol. The lowest BCUT2D eigenvalue weighted by Gasteiger charge is -2.31. The molecule has 2 aromatic rings. The minimum Gasteiger partial charge on any atom is -0.488 e. The van der Waals surface area contributed by atoms with Crippen LogP contribution in [0.3, 0.4) is 0 Å². The van der Waals surface area contributed by atoms with E-state index in [1.54, 1.807) is 23.2 Å². The minimum atomic E-state index is -0.625. The van der Waals surface area contributed by atoms with Crippen LogP contribution >= 0.6 is 0 Å². The molecule has 196 valence electrons. The van der Waals surface area contributed by atoms with Crippen LogP contribution in [0, 0.1) is 0 Å². The van der Waals surface area contributed by atoms with Gasteiger partial charge in [0.25, 0.3) is 5.91 Å². The van der Waals surface area contributed by atoms with Crippen molar-refractivity contribution in [3.63, 3.8) is 0 Å². The minimum absolute atomic E-state index is 0.278. The zero-order chi connectivity index (χ0) is 26.6. The summed E-state index contributed by atoms with van der Waals surface area (Å²) in [6.45, 7) is 11.1. The van der Waals surface area contributed by atoms with E-state index >= 15 is 0 Å². The zero-order valence-corrected chi connectivity index (χ0v) is 21.6. The molecule has 0 unspecified atom stereocenters. The maximum absolute atomic E-state index is 13.4. The van der Waals surface area contributed by atoms with Gasteiger partial charge in [-0.1, -0.05) is 6.08 Å². The highest BCUT2D eigenvalue weighted by Crippen LogP contribution is 2.35. The van der Waals surface area contributed by atoms with Gasteiger partial charge in [0, 0.05) is 37.2 Å². The molecular weight excluding hydrogens is 474 g/mol. The SMILES string of the molecule is C=CCC/N=c1/cc(N2CCOc3cc(C(=O)N4CCC[C@H]4C(=O)OC(C)(C)C)cnc32)ccn1C=O. The fourth-order valence-corrected chi connectivity index (χ4v) is 4.40. The molecule has 2 aromatic heterocycles. The largest absolute Gasteiger partial charge is 0.488 e. The Kier molecular flexibility index (Phi) is 7.75. The van der Waals surface area contributed by atoms with Crippen LogP contribution in [-0.4, -0.2) is 70.6 Å². The van der Waals surface area contributed by atoms with E-state index < -0.39 is 17.6 Å². The quantitative estimate of drug-likeness (QED) is 0.246. The van der Waals surface area contributed by atoms with Gasteiger partial charge < -0.3 is 19.3 Å². The summed E-state index contributed by atoms with van der Waals surface area (Å²) in [7, 11) is 0. The Morgan fingerprint density at radius 2 is 2.11 bits per heavy atom. The highest BCUT2D eigenvalue weighted by molar-refractivity contribution is 5.97. The van der Waals surface area contributed by atoms with E-state index in [4.69, 9.17) is 9.47 Å². The molecule has 0 saturated carbocycles. The topological polar surface area (TPSA) is 106 Å². The molecule has 37 heavy (non-hydrogen) atoms. The number of esters is 1. The number of nitrogens with zero attached hydrogens (tertiary/aromatic N) is 5. The first-order valence-electron chi connectivity index (χ1n) is 12.4. The van der Waals surface area contributed by atoms with Crippen molar-refractivity contribution < 1.29 is 23.9 Å². The molecule has 1 saturated heterocycles. The average Bonchev–Trinajstić information content (AvgIpc) is 3.37. The van der Waals surface area contributed by atoms with Crippen molar-refractivity contribution in [2.45, 2.75) is 51.7 Å². The Bertz CT molecular complexity index is 1260. The van der Waals surface area contributed by atoms with Gasteiger partial charge in [0.1, 0.15) is 23.7 Å². The molecule has 2 aliphatic heterocycles. The number of carbonyl (C=O) groups excluding carboxylic acids is 3. The van der Waals surface area contributed by atoms with Crippen LogP contribution < -0.4 is 15.1 Å². The van der Waals surface area contributed by atoms with E-state index in [9.17, 15) is 14.4 Å². The standard InChI is InChI=1S/C27H33N5O5/c1-5-6-10-28-23-16-20(9-12-30(23)18-33)31-13-14-36-22-15-19(17-29-24(22)31)25(34)32-11-7-8-21(32)26(35)37-27(2,3)4/h5,9,12,15-18,21H,1,6-8,10-11,13-14H2,2-4H3/b28-23-/t21-/m0/s1. The van der Waals surface area contributed by atoms with E-state index in [2.05, 4.69) is 16.6 Å². The molecule has 0 spiro atoms. The first-order valence-corrected chi connectivity index (χ1v) is 12.4. The predicted molar refractivity (Wildman–Crippen MR) is 138 cm³/mol. The summed E-state index contributed by atoms with van der Waals surface area (Å²) in [5.41, 5.74) is 1.05. The summed E-state index contributed by atoms with van der Waals surface area (Å²) < 4.78 is 12.8. The van der Waals surface area contributed by atoms with Gasteiger partial charge in [0.05, 0.1) is 12.1 Å². The Morgan fingerprint density at radius 1 is 1.30 bits per heavy atom. The van der Waals surface area contributed by atoms with Gasteiger partial charge in [-0.15, -0.1) is 6.58 Å². The molecule has 10 heteroatoms. The van der Waals surface area contributed by atoms with E-state index in [0.717, 1.165) is 12.1 Å². The Morgan fingerprint density at radius 3 is 2.84 bits per heavy atom. The maximum Gasteiger partial charge on any atom is 0.329 e. The zero-order valence-electron chi connectivity index (χ0n) is 21.6. The van der Waals surface area contributed by atoms with Crippen molar-refractivity contribution in [1.29, 1.82) is 0 Å². The number of fused-ring (bicyclic) bond motifs is 1. The molecule has 2 aliphatic rings. The van der Waals surface area contributed by atoms with Gasteiger partial charge in [0.2, 0.25) is 6.41 Å². The van der Waals surface area contributed by atoms with Gasteiger partial charge >= 0.3 is 5.97 Å². The molecule has 1 fully saturated rings. The highest BCUT2D eigenvalue weighted by atomic mass is 16.6. The van der Waals surface area contributed by atoms with E-state index in [1.165, 1.54) is 10.8 Å². The number of likely N-dealkylation sites (tertiary alicyclic amines) is 1. The summed E-state index contributed by atoms with van der Waals surface area (Å²) >= 11 is 0. The van der Waals surface area contributed by atoms with Crippen molar-refractivity contribution in [3.05, 3.63) is 54.3 Å². The molecule has 10 nitrogen and oxygen atoms in total. The van der Waals surface area contributed by atoms with Crippen molar-refractivity contribution in [2.75, 3.05) is 31.1 Å². The Balaban J connectivity index is 1.59. The molecule has 0 N–H and O–H groups in total. The lowest BCUT2D eigenvalue weighted by atomic mass is 10.1. The van der Waals surface area contributed by atoms with Crippen LogP contribution in [0.5, 0.6) is 5.75 Å². The van der Waals surface area contributed by atoms with Crippen LogP contribution in [0.25, 0.3) is 0 Å². The number of ether oxygens (including phenoxy) is 2. The first kappa shape index (κ1) is 26.1. The van der Waals surface area contributed by atoms with E-state index in [-0.39, 0.29) is 5.91 Å². The lowest BCUT2D eigenvalue weighted by molar-refractivity contribution is -0.159. The van der Waals surface area contributed by atoms with Gasteiger partial charge in [0.15, 0.2) is 11.6 Å². The number of hydrogen-bond acceptors (Lipinski definition) is 8. The molecular formula is C27H33N5O5. The third-order valence-electron chi connectivity index (χ3n) is 6.08. The summed E-state index contributed by atoms with van der Waals surface area (Å²) in [6, 6.07) is 4.69. The number of amides is 1. The molecule has 0 aromatic carbocycles. The number of anilines is 2. The third-order valence-corrected chi connectivity index (χ3v) is 6.08. The highest BCUT2D eigenvalue weighted by Gasteiger charge is 2.38. The second-order valence-electron chi connectivity index (χ2n) is 9.95. The molecule has 0 radical (unpaired) electrons. The normalized spacial score (nSPS) is 17.7. The fraction of sp³-hybridized carbons (Fsp3) is 0.444. The van der Waals surface area contributed by atoms with Crippen LogP contribution in [0.2, 0.25) is 0 Å². The van der Waals surface area contributed by atoms with E-state index in [0.29, 0.717) is 68.1 Å². The molecule has 1 atom stereocenters. The van der Waals surface area contributed by atoms with Gasteiger partial charge in [-0.05, 0) is 52.2 Å². The van der Waals surface area contributed by atoms with Gasteiger partial charge in [-0.25, -0.2) is 9.78 Å². The van der Waals surface area contributed by atoms with Gasteiger partial charge in [-0.3, -0.25) is 19.1 Å². The van der Waals surface area contributed by atoms with Crippen LogP contribution in [0.15, 0.2) is 48.2 Å². The number of rotatable bonds is 7. The molecule has 0 aliphatic carbocycles. The lowest BCUT2D eigenvalue weighted by Crippen LogP contribution is -2.43. The Labute approximate surface area is 216 Å². The van der Waals surface area contributed by atoms with E-state index in [1.807, 2.05) is 37.8 Å². The van der Waals surface area contributed by atoms with Crippen LogP contribution in [-0.2, 0) is 14.3 Å². The maximum atomic E-state index is 13.4. The fourth-order valence-electron chi connectivity index (χ4n) is 4.40. The Hall–Kier alpha value is -3.95. The van der Waals surface area contributed by atoms with Crippen molar-refractivity contribution in [3.8, 4) is 5.75 Å². The van der Waals surface area contributed by atoms with Crippen LogP contribution in [0.4, 0.5) is 11.5 Å². The molecule has 4 heterocycles. The number of pyridine rings is 2. The second-order valence-corrected chi connectivity index (χ2v) is 9.95. The summed E-state index contributed by atoms with van der Waals surface area (Å²) in [6.07, 6.45) is 7.66. The number of carbonyl (C=O) groups is 3. The smallest absolute Gasteiger partial charge is 0.329 e. The van der Waals surface area contributed by atoms with Crippen LogP contribution in [0.1, 0.15) is 50.4 Å². The predicted octanol–water partition coefficient (Wildman–Crippen LogP) is 2.88. The number of aromatic nitrogens is 2. The van der Waals surface area contributed by atoms with Crippen molar-refractivity contribution >= 4 is 29.8 Å². The summed E-state index contributed by atoms with van der Waals surface area (Å²) in [5, 5.41) is 0. The second kappa shape index (κ2) is 11.0. The molecule has 0 bridgehead atoms. The summed E-state index contributed by atoms with van der Waals surface area (Å²) in [5.74, 6) is 0.369. The van der Waals surface area contributed by atoms with Gasteiger partial charge in [-0.2, -0.15) is 0 Å². The number of hydrogen-bond donors (Lipinski definition) is 0. The van der Waals surface area contributed by atoms with Crippen molar-refractivity contribution in [2.24, 2.45) is 4.99 Å². The third kappa shape index (κ3) is 5.90. The average molecular weight is 508 g/mol. The molecule has 4 rings (SSSR count). The van der Waals surface area contributed by atoms with Crippen molar-refractivity contribution in [1.82, 2.24) is 14.5 Å². The first-order chi connectivity index (χ1) is 17.7. The molecule has 1 amide bonds.